The SMILES string of the molecule is CSc1ccc(CN2CC3COCCN3c3nc(-c4cccc5[nH]ccc45)ncc32)cc1. The monoisotopic (exact) mass is 443 g/mol. The highest BCUT2D eigenvalue weighted by Gasteiger charge is 2.34. The second kappa shape index (κ2) is 8.15. The van der Waals surface area contributed by atoms with Gasteiger partial charge < -0.3 is 19.5 Å². The second-order valence-corrected chi connectivity index (χ2v) is 9.18. The average molecular weight is 444 g/mol. The minimum absolute atomic E-state index is 0.299. The van der Waals surface area contributed by atoms with Crippen molar-refractivity contribution in [1.29, 1.82) is 0 Å². The van der Waals surface area contributed by atoms with Crippen molar-refractivity contribution in [3.05, 3.63) is 66.5 Å². The lowest BCUT2D eigenvalue weighted by Gasteiger charge is -2.45. The summed E-state index contributed by atoms with van der Waals surface area (Å²) in [5, 5.41) is 1.15. The maximum absolute atomic E-state index is 5.83. The number of anilines is 2. The number of ether oxygens (including phenoxy) is 1. The van der Waals surface area contributed by atoms with Crippen molar-refractivity contribution in [2.75, 3.05) is 42.4 Å². The molecule has 2 aliphatic heterocycles. The van der Waals surface area contributed by atoms with E-state index in [1.807, 2.05) is 12.4 Å². The first-order chi connectivity index (χ1) is 15.8. The normalized spacial score (nSPS) is 18.0. The largest absolute Gasteiger partial charge is 0.377 e. The van der Waals surface area contributed by atoms with Crippen LogP contribution >= 0.6 is 11.8 Å². The lowest BCUT2D eigenvalue weighted by atomic mass is 10.1. The molecule has 1 saturated heterocycles. The third-order valence-electron chi connectivity index (χ3n) is 6.39. The molecule has 2 aromatic heterocycles. The van der Waals surface area contributed by atoms with E-state index in [2.05, 4.69) is 69.6 Å². The Hall–Kier alpha value is -3.03. The van der Waals surface area contributed by atoms with Gasteiger partial charge >= 0.3 is 0 Å². The lowest BCUT2D eigenvalue weighted by molar-refractivity contribution is 0.0936. The van der Waals surface area contributed by atoms with E-state index in [1.165, 1.54) is 10.5 Å². The first-order valence-corrected chi connectivity index (χ1v) is 12.2. The van der Waals surface area contributed by atoms with E-state index in [1.54, 1.807) is 11.8 Å². The number of aromatic amines is 1. The predicted octanol–water partition coefficient (Wildman–Crippen LogP) is 4.57. The molecule has 0 bridgehead atoms. The summed E-state index contributed by atoms with van der Waals surface area (Å²) in [6.07, 6.45) is 6.08. The number of nitrogens with one attached hydrogen (secondary N) is 1. The van der Waals surface area contributed by atoms with Crippen molar-refractivity contribution >= 4 is 34.2 Å². The van der Waals surface area contributed by atoms with Gasteiger partial charge in [0.1, 0.15) is 0 Å². The summed E-state index contributed by atoms with van der Waals surface area (Å²) in [6.45, 7) is 4.07. The van der Waals surface area contributed by atoms with Gasteiger partial charge in [0.25, 0.3) is 0 Å². The Morgan fingerprint density at radius 2 is 2.06 bits per heavy atom. The molecule has 6 rings (SSSR count). The van der Waals surface area contributed by atoms with Gasteiger partial charge in [0.2, 0.25) is 0 Å². The zero-order chi connectivity index (χ0) is 21.5. The highest BCUT2D eigenvalue weighted by molar-refractivity contribution is 7.98. The number of fused-ring (bicyclic) bond motifs is 4. The van der Waals surface area contributed by atoms with Gasteiger partial charge in [0.15, 0.2) is 11.6 Å². The molecule has 0 saturated carbocycles. The summed E-state index contributed by atoms with van der Waals surface area (Å²) >= 11 is 1.77. The fourth-order valence-corrected chi connectivity index (χ4v) is 5.16. The Bertz CT molecular complexity index is 1250. The molecular weight excluding hydrogens is 418 g/mol. The van der Waals surface area contributed by atoms with Crippen molar-refractivity contribution < 1.29 is 4.74 Å². The third-order valence-corrected chi connectivity index (χ3v) is 7.13. The van der Waals surface area contributed by atoms with E-state index in [0.717, 1.165) is 66.6 Å². The number of benzene rings is 2. The van der Waals surface area contributed by atoms with E-state index >= 15 is 0 Å². The van der Waals surface area contributed by atoms with Crippen LogP contribution in [0, 0.1) is 0 Å². The summed E-state index contributed by atoms with van der Waals surface area (Å²) in [4.78, 5) is 19.3. The van der Waals surface area contributed by atoms with E-state index < -0.39 is 0 Å². The zero-order valence-electron chi connectivity index (χ0n) is 18.0. The maximum atomic E-state index is 5.83. The topological polar surface area (TPSA) is 57.3 Å². The highest BCUT2D eigenvalue weighted by Crippen LogP contribution is 2.37. The minimum Gasteiger partial charge on any atom is -0.377 e. The number of nitrogens with zero attached hydrogens (tertiary/aromatic N) is 4. The van der Waals surface area contributed by atoms with Crippen molar-refractivity contribution in [2.24, 2.45) is 0 Å². The molecule has 0 amide bonds. The summed E-state index contributed by atoms with van der Waals surface area (Å²) in [7, 11) is 0. The van der Waals surface area contributed by atoms with Crippen LogP contribution in [-0.2, 0) is 11.3 Å². The van der Waals surface area contributed by atoms with Crippen LogP contribution in [0.1, 0.15) is 5.56 Å². The van der Waals surface area contributed by atoms with Gasteiger partial charge in [0.05, 0.1) is 31.1 Å². The summed E-state index contributed by atoms with van der Waals surface area (Å²) in [5.41, 5.74) is 4.55. The molecule has 0 radical (unpaired) electrons. The van der Waals surface area contributed by atoms with Crippen LogP contribution in [0.4, 0.5) is 11.5 Å². The fourth-order valence-electron chi connectivity index (χ4n) is 4.75. The van der Waals surface area contributed by atoms with E-state index in [4.69, 9.17) is 14.7 Å². The number of thioether (sulfide) groups is 1. The van der Waals surface area contributed by atoms with Crippen LogP contribution in [0.3, 0.4) is 0 Å². The molecule has 2 aromatic carbocycles. The first kappa shape index (κ1) is 19.6. The van der Waals surface area contributed by atoms with Crippen molar-refractivity contribution in [3.8, 4) is 11.4 Å². The maximum Gasteiger partial charge on any atom is 0.162 e. The average Bonchev–Trinajstić information content (AvgIpc) is 3.33. The molecule has 4 aromatic rings. The number of aromatic nitrogens is 3. The standard InChI is InChI=1S/C25H25N5OS/c1-32-19-7-5-17(6-8-19)14-29-15-18-16-31-12-11-30(18)25-23(29)13-27-24(28-25)21-3-2-4-22-20(21)9-10-26-22/h2-10,13,18,26H,11-12,14-16H2,1H3. The molecule has 2 aliphatic rings. The van der Waals surface area contributed by atoms with E-state index in [0.29, 0.717) is 6.04 Å². The van der Waals surface area contributed by atoms with Gasteiger partial charge in [-0.05, 0) is 36.1 Å². The number of morpholine rings is 1. The summed E-state index contributed by atoms with van der Waals surface area (Å²) in [5.74, 6) is 1.79. The van der Waals surface area contributed by atoms with Crippen LogP contribution in [0.15, 0.2) is 65.8 Å². The van der Waals surface area contributed by atoms with Crippen LogP contribution in [0.2, 0.25) is 0 Å². The number of rotatable bonds is 4. The summed E-state index contributed by atoms with van der Waals surface area (Å²) in [6, 6.07) is 17.5. The van der Waals surface area contributed by atoms with Gasteiger partial charge in [-0.25, -0.2) is 9.97 Å². The van der Waals surface area contributed by atoms with Crippen molar-refractivity contribution in [2.45, 2.75) is 17.5 Å². The quantitative estimate of drug-likeness (QED) is 0.466. The molecule has 6 nitrogen and oxygen atoms in total. The Morgan fingerprint density at radius 3 is 2.94 bits per heavy atom. The van der Waals surface area contributed by atoms with Gasteiger partial charge in [-0.15, -0.1) is 11.8 Å². The second-order valence-electron chi connectivity index (χ2n) is 8.30. The van der Waals surface area contributed by atoms with Gasteiger partial charge in [-0.1, -0.05) is 24.3 Å². The highest BCUT2D eigenvalue weighted by atomic mass is 32.2. The number of hydrogen-bond acceptors (Lipinski definition) is 6. The lowest BCUT2D eigenvalue weighted by Crippen LogP contribution is -2.55. The Morgan fingerprint density at radius 1 is 1.16 bits per heavy atom. The predicted molar refractivity (Wildman–Crippen MR) is 131 cm³/mol. The number of hydrogen-bond donors (Lipinski definition) is 1. The summed E-state index contributed by atoms with van der Waals surface area (Å²) < 4.78 is 5.83. The first-order valence-electron chi connectivity index (χ1n) is 11.0. The van der Waals surface area contributed by atoms with Crippen LogP contribution in [-0.4, -0.2) is 53.6 Å². The molecule has 162 valence electrons. The molecule has 1 atom stereocenters. The van der Waals surface area contributed by atoms with Gasteiger partial charge in [-0.3, -0.25) is 0 Å². The van der Waals surface area contributed by atoms with Crippen molar-refractivity contribution in [3.63, 3.8) is 0 Å². The molecule has 1 fully saturated rings. The Balaban J connectivity index is 1.40. The number of H-pyrrole nitrogens is 1. The molecule has 0 spiro atoms. The van der Waals surface area contributed by atoms with Gasteiger partial charge in [0, 0.05) is 47.2 Å². The van der Waals surface area contributed by atoms with E-state index in [-0.39, 0.29) is 0 Å². The van der Waals surface area contributed by atoms with Crippen LogP contribution in [0.25, 0.3) is 22.3 Å². The van der Waals surface area contributed by atoms with Gasteiger partial charge in [-0.2, -0.15) is 0 Å². The fraction of sp³-hybridized carbons (Fsp3) is 0.280. The molecule has 4 heterocycles. The molecule has 0 aliphatic carbocycles. The van der Waals surface area contributed by atoms with Crippen molar-refractivity contribution in [1.82, 2.24) is 15.0 Å². The van der Waals surface area contributed by atoms with Crippen LogP contribution in [0.5, 0.6) is 0 Å². The molecule has 32 heavy (non-hydrogen) atoms. The zero-order valence-corrected chi connectivity index (χ0v) is 18.8. The third kappa shape index (κ3) is 3.42. The molecule has 1 unspecified atom stereocenters. The molecule has 1 N–H and O–H groups in total. The molecule has 7 heteroatoms. The Kier molecular flexibility index (Phi) is 5.00. The Labute approximate surface area is 191 Å². The molecular formula is C25H25N5OS. The smallest absolute Gasteiger partial charge is 0.162 e. The minimum atomic E-state index is 0.299. The van der Waals surface area contributed by atoms with E-state index in [9.17, 15) is 0 Å². The van der Waals surface area contributed by atoms with Crippen LogP contribution < -0.4 is 9.80 Å².